The van der Waals surface area contributed by atoms with Crippen LogP contribution in [0.5, 0.6) is 17.2 Å². The lowest BCUT2D eigenvalue weighted by molar-refractivity contribution is -0.139. The van der Waals surface area contributed by atoms with Crippen LogP contribution in [-0.2, 0) is 16.1 Å². The number of nitrogens with zero attached hydrogens (tertiary/aromatic N) is 2. The molecule has 3 rings (SSSR count). The first-order valence-electron chi connectivity index (χ1n) is 8.67. The molecule has 0 spiro atoms. The van der Waals surface area contributed by atoms with E-state index < -0.39 is 5.97 Å². The van der Waals surface area contributed by atoms with Gasteiger partial charge in [-0.2, -0.15) is 4.98 Å². The van der Waals surface area contributed by atoms with E-state index in [4.69, 9.17) is 23.5 Å². The molecule has 0 N–H and O–H groups in total. The lowest BCUT2D eigenvalue weighted by atomic mass is 10.1. The molecule has 0 saturated heterocycles. The fraction of sp³-hybridized carbons (Fsp3) is 0.190. The summed E-state index contributed by atoms with van der Waals surface area (Å²) in [6, 6.07) is 12.6. The van der Waals surface area contributed by atoms with Gasteiger partial charge in [-0.15, -0.1) is 0 Å². The summed E-state index contributed by atoms with van der Waals surface area (Å²) in [4.78, 5) is 16.2. The number of ether oxygens (including phenoxy) is 4. The summed E-state index contributed by atoms with van der Waals surface area (Å²) in [7, 11) is 4.65. The zero-order valence-corrected chi connectivity index (χ0v) is 16.2. The Morgan fingerprint density at radius 1 is 1.07 bits per heavy atom. The van der Waals surface area contributed by atoms with Gasteiger partial charge in [0.05, 0.1) is 21.3 Å². The average Bonchev–Trinajstić information content (AvgIpc) is 3.25. The van der Waals surface area contributed by atoms with E-state index in [-0.39, 0.29) is 12.5 Å². The average molecular weight is 396 g/mol. The Labute approximate surface area is 167 Å². The summed E-state index contributed by atoms with van der Waals surface area (Å²) < 4.78 is 26.0. The molecule has 0 fully saturated rings. The monoisotopic (exact) mass is 396 g/mol. The summed E-state index contributed by atoms with van der Waals surface area (Å²) in [5, 5.41) is 3.89. The van der Waals surface area contributed by atoms with Gasteiger partial charge in [-0.05, 0) is 24.3 Å². The first kappa shape index (κ1) is 19.9. The van der Waals surface area contributed by atoms with Crippen molar-refractivity contribution in [1.29, 1.82) is 0 Å². The Balaban J connectivity index is 1.62. The highest BCUT2D eigenvalue weighted by Crippen LogP contribution is 2.31. The molecular weight excluding hydrogens is 376 g/mol. The Morgan fingerprint density at radius 3 is 2.66 bits per heavy atom. The van der Waals surface area contributed by atoms with Crippen molar-refractivity contribution in [2.75, 3.05) is 21.3 Å². The third-order valence-corrected chi connectivity index (χ3v) is 3.97. The number of rotatable bonds is 8. The van der Waals surface area contributed by atoms with Gasteiger partial charge in [-0.1, -0.05) is 29.4 Å². The van der Waals surface area contributed by atoms with E-state index in [9.17, 15) is 4.79 Å². The van der Waals surface area contributed by atoms with E-state index in [1.54, 1.807) is 44.6 Å². The normalized spacial score (nSPS) is 10.7. The van der Waals surface area contributed by atoms with Gasteiger partial charge in [0, 0.05) is 17.2 Å². The Kier molecular flexibility index (Phi) is 6.47. The molecule has 0 radical (unpaired) electrons. The summed E-state index contributed by atoms with van der Waals surface area (Å²) in [5.74, 6) is 1.78. The lowest BCUT2D eigenvalue weighted by Crippen LogP contribution is -2.01. The highest BCUT2D eigenvalue weighted by atomic mass is 16.6. The molecule has 0 amide bonds. The second-order valence-corrected chi connectivity index (χ2v) is 5.77. The van der Waals surface area contributed by atoms with Crippen LogP contribution in [0.4, 0.5) is 0 Å². The number of carbonyl (C=O) groups excluding carboxylic acids is 1. The van der Waals surface area contributed by atoms with Crippen LogP contribution in [0.25, 0.3) is 17.5 Å². The SMILES string of the molecule is COc1cccc(-c2noc(COC(=O)/C=C/c3cccc(OC)c3OC)n2)c1. The fourth-order valence-electron chi connectivity index (χ4n) is 2.57. The third-order valence-electron chi connectivity index (χ3n) is 3.97. The van der Waals surface area contributed by atoms with Crippen molar-refractivity contribution < 1.29 is 28.3 Å². The van der Waals surface area contributed by atoms with Crippen LogP contribution in [0, 0.1) is 0 Å². The van der Waals surface area contributed by atoms with E-state index in [0.29, 0.717) is 28.6 Å². The van der Waals surface area contributed by atoms with Crippen molar-refractivity contribution in [1.82, 2.24) is 10.1 Å². The zero-order valence-electron chi connectivity index (χ0n) is 16.2. The summed E-state index contributed by atoms with van der Waals surface area (Å²) in [6.45, 7) is -0.143. The molecule has 0 unspecified atom stereocenters. The quantitative estimate of drug-likeness (QED) is 0.422. The maximum atomic E-state index is 12.0. The minimum atomic E-state index is -0.559. The van der Waals surface area contributed by atoms with Crippen LogP contribution in [0.15, 0.2) is 53.1 Å². The van der Waals surface area contributed by atoms with Gasteiger partial charge in [-0.25, -0.2) is 4.79 Å². The van der Waals surface area contributed by atoms with Gasteiger partial charge in [-0.3, -0.25) is 0 Å². The number of benzene rings is 2. The van der Waals surface area contributed by atoms with E-state index in [1.807, 2.05) is 18.2 Å². The number of para-hydroxylation sites is 1. The van der Waals surface area contributed by atoms with Crippen LogP contribution >= 0.6 is 0 Å². The van der Waals surface area contributed by atoms with Gasteiger partial charge in [0.15, 0.2) is 18.1 Å². The number of carbonyl (C=O) groups is 1. The molecule has 0 saturated carbocycles. The first-order valence-corrected chi connectivity index (χ1v) is 8.67. The predicted molar refractivity (Wildman–Crippen MR) is 105 cm³/mol. The summed E-state index contributed by atoms with van der Waals surface area (Å²) in [6.07, 6.45) is 2.87. The molecule has 150 valence electrons. The fourth-order valence-corrected chi connectivity index (χ4v) is 2.57. The minimum absolute atomic E-state index is 0.143. The Bertz CT molecular complexity index is 1010. The Hall–Kier alpha value is -3.81. The number of esters is 1. The molecule has 29 heavy (non-hydrogen) atoms. The number of hydrogen-bond donors (Lipinski definition) is 0. The predicted octanol–water partition coefficient (Wildman–Crippen LogP) is 3.52. The van der Waals surface area contributed by atoms with Crippen LogP contribution in [0.2, 0.25) is 0 Å². The van der Waals surface area contributed by atoms with Gasteiger partial charge in [0.1, 0.15) is 5.75 Å². The van der Waals surface area contributed by atoms with E-state index in [1.165, 1.54) is 13.2 Å². The van der Waals surface area contributed by atoms with Crippen molar-refractivity contribution in [3.8, 4) is 28.6 Å². The topological polar surface area (TPSA) is 92.9 Å². The van der Waals surface area contributed by atoms with Gasteiger partial charge in [0.2, 0.25) is 5.82 Å². The first-order chi connectivity index (χ1) is 14.1. The molecule has 8 nitrogen and oxygen atoms in total. The van der Waals surface area contributed by atoms with E-state index in [2.05, 4.69) is 10.1 Å². The second-order valence-electron chi connectivity index (χ2n) is 5.77. The van der Waals surface area contributed by atoms with Crippen LogP contribution < -0.4 is 14.2 Å². The molecule has 0 aliphatic rings. The second kappa shape index (κ2) is 9.41. The highest BCUT2D eigenvalue weighted by Gasteiger charge is 2.11. The van der Waals surface area contributed by atoms with Crippen molar-refractivity contribution in [2.45, 2.75) is 6.61 Å². The minimum Gasteiger partial charge on any atom is -0.497 e. The maximum absolute atomic E-state index is 12.0. The third kappa shape index (κ3) is 4.92. The van der Waals surface area contributed by atoms with Gasteiger partial charge >= 0.3 is 5.97 Å². The number of aromatic nitrogens is 2. The Morgan fingerprint density at radius 2 is 1.90 bits per heavy atom. The van der Waals surface area contributed by atoms with Crippen molar-refractivity contribution in [3.05, 3.63) is 60.0 Å². The molecule has 1 aromatic heterocycles. The van der Waals surface area contributed by atoms with Crippen molar-refractivity contribution >= 4 is 12.0 Å². The molecule has 0 aliphatic heterocycles. The molecule has 0 atom stereocenters. The van der Waals surface area contributed by atoms with E-state index >= 15 is 0 Å². The molecule has 1 heterocycles. The molecule has 0 aliphatic carbocycles. The van der Waals surface area contributed by atoms with Crippen molar-refractivity contribution in [2.24, 2.45) is 0 Å². The highest BCUT2D eigenvalue weighted by molar-refractivity contribution is 5.87. The van der Waals surface area contributed by atoms with Crippen LogP contribution in [0.3, 0.4) is 0 Å². The molecule has 8 heteroatoms. The zero-order chi connectivity index (χ0) is 20.6. The molecule has 0 bridgehead atoms. The summed E-state index contributed by atoms with van der Waals surface area (Å²) in [5.41, 5.74) is 1.41. The molecule has 2 aromatic carbocycles. The smallest absolute Gasteiger partial charge is 0.331 e. The summed E-state index contributed by atoms with van der Waals surface area (Å²) >= 11 is 0. The molecule has 3 aromatic rings. The lowest BCUT2D eigenvalue weighted by Gasteiger charge is -2.09. The van der Waals surface area contributed by atoms with Crippen molar-refractivity contribution in [3.63, 3.8) is 0 Å². The number of methoxy groups -OCH3 is 3. The number of hydrogen-bond acceptors (Lipinski definition) is 8. The van der Waals surface area contributed by atoms with Crippen LogP contribution in [-0.4, -0.2) is 37.4 Å². The van der Waals surface area contributed by atoms with Gasteiger partial charge < -0.3 is 23.5 Å². The maximum Gasteiger partial charge on any atom is 0.331 e. The largest absolute Gasteiger partial charge is 0.497 e. The van der Waals surface area contributed by atoms with E-state index in [0.717, 1.165) is 5.56 Å². The van der Waals surface area contributed by atoms with Gasteiger partial charge in [0.25, 0.3) is 5.89 Å². The van der Waals surface area contributed by atoms with Crippen LogP contribution in [0.1, 0.15) is 11.5 Å². The standard InChI is InChI=1S/C21H20N2O6/c1-25-16-8-4-7-15(12-16)21-22-18(29-23-21)13-28-19(24)11-10-14-6-5-9-17(26-2)20(14)27-3/h4-12H,13H2,1-3H3/b11-10+. The molecular formula is C21H20N2O6.